The summed E-state index contributed by atoms with van der Waals surface area (Å²) in [4.78, 5) is 40.5. The number of hydrogen-bond acceptors (Lipinski definition) is 10. The van der Waals surface area contributed by atoms with Crippen molar-refractivity contribution in [1.29, 1.82) is 5.26 Å². The van der Waals surface area contributed by atoms with Gasteiger partial charge in [-0.05, 0) is 139 Å². The van der Waals surface area contributed by atoms with E-state index in [1.807, 2.05) is 6.92 Å². The van der Waals surface area contributed by atoms with E-state index in [0.717, 1.165) is 25.7 Å². The van der Waals surface area contributed by atoms with Gasteiger partial charge in [0.2, 0.25) is 0 Å². The molecule has 3 unspecified atom stereocenters. The summed E-state index contributed by atoms with van der Waals surface area (Å²) >= 11 is 0. The Hall–Kier alpha value is -1.57. The van der Waals surface area contributed by atoms with Crippen molar-refractivity contribution in [1.82, 2.24) is 0 Å². The number of rotatable bonds is 23. The second-order valence-electron chi connectivity index (χ2n) is 18.6. The van der Waals surface area contributed by atoms with Crippen LogP contribution in [0.5, 0.6) is 0 Å². The molecule has 0 saturated carbocycles. The van der Waals surface area contributed by atoms with Crippen LogP contribution >= 0.6 is 0 Å². The van der Waals surface area contributed by atoms with Crippen molar-refractivity contribution in [2.24, 2.45) is 16.7 Å². The van der Waals surface area contributed by atoms with Crippen LogP contribution in [0.15, 0.2) is 0 Å². The SMILES string of the molecule is CCCCCCC(C)OC(=O)C(C)(C#N)CC(CC(C)(C)C(=O)OCCCC(O[Si](C)(C)C)(O[Si](C)(C)C)O[Si](C)(C)C)C(=O)OC(C)(C)C. The first-order chi connectivity index (χ1) is 22.4. The van der Waals surface area contributed by atoms with Gasteiger partial charge in [0, 0.05) is 6.42 Å². The first-order valence-corrected chi connectivity index (χ1v) is 28.7. The van der Waals surface area contributed by atoms with E-state index in [1.54, 1.807) is 34.6 Å². The lowest BCUT2D eigenvalue weighted by atomic mass is 9.74. The molecule has 0 aliphatic rings. The van der Waals surface area contributed by atoms with Crippen LogP contribution in [0.2, 0.25) is 58.9 Å². The fourth-order valence-electron chi connectivity index (χ4n) is 5.48. The van der Waals surface area contributed by atoms with Gasteiger partial charge in [-0.25, -0.2) is 0 Å². The van der Waals surface area contributed by atoms with Crippen molar-refractivity contribution in [3.63, 3.8) is 0 Å². The Balaban J connectivity index is 5.98. The van der Waals surface area contributed by atoms with Crippen LogP contribution in [0, 0.1) is 28.1 Å². The molecule has 0 N–H and O–H groups in total. The first kappa shape index (κ1) is 48.4. The lowest BCUT2D eigenvalue weighted by Gasteiger charge is -2.45. The smallest absolute Gasteiger partial charge is 0.326 e. The molecular weight excluding hydrogens is 687 g/mol. The second-order valence-corrected chi connectivity index (χ2v) is 31.9. The maximum atomic E-state index is 13.6. The molecule has 292 valence electrons. The number of nitriles is 1. The van der Waals surface area contributed by atoms with Gasteiger partial charge in [0.25, 0.3) is 5.97 Å². The Morgan fingerprint density at radius 2 is 1.22 bits per heavy atom. The van der Waals surface area contributed by atoms with E-state index in [1.165, 1.54) is 6.92 Å². The highest BCUT2D eigenvalue weighted by molar-refractivity contribution is 6.72. The molecular formula is C37H73NO9Si3. The molecule has 0 saturated heterocycles. The number of esters is 3. The molecule has 0 bridgehead atoms. The zero-order chi connectivity index (χ0) is 39.4. The average molecular weight is 760 g/mol. The van der Waals surface area contributed by atoms with Crippen LogP contribution in [0.3, 0.4) is 0 Å². The molecule has 0 amide bonds. The molecule has 0 aromatic carbocycles. The fraction of sp³-hybridized carbons (Fsp3) is 0.892. The van der Waals surface area contributed by atoms with E-state index < -0.39 is 71.2 Å². The largest absolute Gasteiger partial charge is 0.465 e. The second kappa shape index (κ2) is 19.5. The summed E-state index contributed by atoms with van der Waals surface area (Å²) in [6.07, 6.45) is 5.20. The van der Waals surface area contributed by atoms with E-state index >= 15 is 0 Å². The van der Waals surface area contributed by atoms with Crippen molar-refractivity contribution >= 4 is 42.9 Å². The van der Waals surface area contributed by atoms with E-state index in [0.29, 0.717) is 19.3 Å². The maximum Gasteiger partial charge on any atom is 0.326 e. The van der Waals surface area contributed by atoms with Crippen LogP contribution < -0.4 is 0 Å². The third kappa shape index (κ3) is 20.5. The molecule has 50 heavy (non-hydrogen) atoms. The van der Waals surface area contributed by atoms with Gasteiger partial charge in [0.05, 0.1) is 30.1 Å². The van der Waals surface area contributed by atoms with Gasteiger partial charge in [-0.2, -0.15) is 5.26 Å². The van der Waals surface area contributed by atoms with Gasteiger partial charge in [0.1, 0.15) is 5.60 Å². The minimum Gasteiger partial charge on any atom is -0.465 e. The predicted molar refractivity (Wildman–Crippen MR) is 207 cm³/mol. The van der Waals surface area contributed by atoms with E-state index in [4.69, 9.17) is 27.5 Å². The molecule has 3 atom stereocenters. The summed E-state index contributed by atoms with van der Waals surface area (Å²) in [6.45, 7) is 33.1. The molecule has 0 spiro atoms. The van der Waals surface area contributed by atoms with Crippen LogP contribution in [0.25, 0.3) is 0 Å². The maximum absolute atomic E-state index is 13.6. The Morgan fingerprint density at radius 1 is 0.720 bits per heavy atom. The van der Waals surface area contributed by atoms with Gasteiger partial charge in [-0.3, -0.25) is 14.4 Å². The number of hydrogen-bond donors (Lipinski definition) is 0. The zero-order valence-electron chi connectivity index (χ0n) is 34.8. The zero-order valence-corrected chi connectivity index (χ0v) is 37.8. The molecule has 0 aromatic heterocycles. The first-order valence-electron chi connectivity index (χ1n) is 18.5. The van der Waals surface area contributed by atoms with Crippen LogP contribution in [0.1, 0.15) is 113 Å². The van der Waals surface area contributed by atoms with Crippen LogP contribution in [-0.2, 0) is 41.9 Å². The molecule has 0 aromatic rings. The van der Waals surface area contributed by atoms with Crippen molar-refractivity contribution < 1.29 is 41.9 Å². The lowest BCUT2D eigenvalue weighted by molar-refractivity contribution is -0.275. The van der Waals surface area contributed by atoms with Crippen molar-refractivity contribution in [3.05, 3.63) is 0 Å². The van der Waals surface area contributed by atoms with Crippen molar-refractivity contribution in [2.75, 3.05) is 6.61 Å². The topological polar surface area (TPSA) is 130 Å². The molecule has 0 fully saturated rings. The summed E-state index contributed by atoms with van der Waals surface area (Å²) in [6, 6.07) is 2.10. The third-order valence-corrected chi connectivity index (χ3v) is 10.2. The quantitative estimate of drug-likeness (QED) is 0.0326. The number of nitrogens with zero attached hydrogens (tertiary/aromatic N) is 1. The van der Waals surface area contributed by atoms with Gasteiger partial charge in [-0.15, -0.1) is 0 Å². The Labute approximate surface area is 308 Å². The number of unbranched alkanes of at least 4 members (excludes halogenated alkanes) is 3. The Morgan fingerprint density at radius 3 is 1.64 bits per heavy atom. The third-order valence-electron chi connectivity index (χ3n) is 7.42. The normalized spacial score (nSPS) is 15.8. The van der Waals surface area contributed by atoms with Crippen molar-refractivity contribution in [3.8, 4) is 6.07 Å². The summed E-state index contributed by atoms with van der Waals surface area (Å²) in [5.41, 5.74) is -3.56. The number of carbonyl (C=O) groups excluding carboxylic acids is 3. The predicted octanol–water partition coefficient (Wildman–Crippen LogP) is 9.71. The van der Waals surface area contributed by atoms with Crippen LogP contribution in [0.4, 0.5) is 0 Å². The monoisotopic (exact) mass is 759 g/mol. The Bertz CT molecular complexity index is 1090. The molecule has 0 heterocycles. The highest BCUT2D eigenvalue weighted by Crippen LogP contribution is 2.38. The summed E-state index contributed by atoms with van der Waals surface area (Å²) in [7, 11) is -6.34. The van der Waals surface area contributed by atoms with Crippen LogP contribution in [-0.4, -0.2) is 67.1 Å². The highest BCUT2D eigenvalue weighted by Gasteiger charge is 2.46. The fourth-order valence-corrected chi connectivity index (χ4v) is 9.09. The van der Waals surface area contributed by atoms with Gasteiger partial charge in [0.15, 0.2) is 30.4 Å². The van der Waals surface area contributed by atoms with E-state index in [-0.39, 0.29) is 25.6 Å². The molecule has 0 rings (SSSR count). The minimum atomic E-state index is -2.11. The van der Waals surface area contributed by atoms with Gasteiger partial charge >= 0.3 is 17.9 Å². The van der Waals surface area contributed by atoms with Crippen molar-refractivity contribution in [2.45, 2.75) is 190 Å². The number of carbonyl (C=O) groups is 3. The highest BCUT2D eigenvalue weighted by atomic mass is 28.4. The standard InChI is InChI=1S/C37H73NO9Si3/c1-18-19-20-21-23-29(2)43-33(41)36(8,28-38)27-30(31(39)44-34(3,4)5)26-35(6,7)32(40)42-25-22-24-37(45-48(9,10)11,46-49(12,13)14)47-50(15,16)17/h29-30H,18-27H2,1-17H3. The molecule has 0 aliphatic heterocycles. The molecule has 0 radical (unpaired) electrons. The van der Waals surface area contributed by atoms with Gasteiger partial charge in [-0.1, -0.05) is 26.2 Å². The summed E-state index contributed by atoms with van der Waals surface area (Å²) < 4.78 is 37.1. The minimum absolute atomic E-state index is 0.0119. The van der Waals surface area contributed by atoms with E-state index in [9.17, 15) is 19.6 Å². The summed E-state index contributed by atoms with van der Waals surface area (Å²) in [5.74, 6) is -3.92. The molecule has 0 aliphatic carbocycles. The van der Waals surface area contributed by atoms with E-state index in [2.05, 4.69) is 71.9 Å². The number of ether oxygens (including phenoxy) is 3. The van der Waals surface area contributed by atoms with Gasteiger partial charge < -0.3 is 27.5 Å². The average Bonchev–Trinajstić information content (AvgIpc) is 2.88. The molecule has 10 nitrogen and oxygen atoms in total. The lowest BCUT2D eigenvalue weighted by Crippen LogP contribution is -2.56. The molecule has 13 heteroatoms. The Kier molecular flexibility index (Phi) is 18.9. The summed E-state index contributed by atoms with van der Waals surface area (Å²) in [5, 5.41) is 10.2.